The minimum absolute atomic E-state index is 0.324. The molecule has 3 aliphatic heterocycles. The summed E-state index contributed by atoms with van der Waals surface area (Å²) in [6.07, 6.45) is 11.3. The largest absolute Gasteiger partial charge is 0.325 e. The number of hydrogen-bond donors (Lipinski definition) is 1. The van der Waals surface area contributed by atoms with Crippen LogP contribution < -0.4 is 5.32 Å². The van der Waals surface area contributed by atoms with E-state index in [1.54, 1.807) is 5.56 Å². The molecule has 0 spiro atoms. The predicted molar refractivity (Wildman–Crippen MR) is 143 cm³/mol. The predicted octanol–water partition coefficient (Wildman–Crippen LogP) is 5.95. The highest BCUT2D eigenvalue weighted by Gasteiger charge is 2.43. The number of fused-ring (bicyclic) bond motifs is 3. The van der Waals surface area contributed by atoms with Crippen molar-refractivity contribution in [2.24, 2.45) is 0 Å². The molecule has 180 valence electrons. The van der Waals surface area contributed by atoms with Gasteiger partial charge in [0.1, 0.15) is 5.82 Å². The lowest BCUT2D eigenvalue weighted by Gasteiger charge is -2.44. The van der Waals surface area contributed by atoms with E-state index in [9.17, 15) is 0 Å². The SMILES string of the molecule is CSc1cccc(C2(CCN3[C@@H]4CC[C@H]3C[C@@H](n3c(C)nc5ccccc53)C4)CCNCC2)c1. The number of thioether (sulfide) groups is 1. The third-order valence-corrected chi connectivity index (χ3v) is 9.81. The van der Waals surface area contributed by atoms with E-state index >= 15 is 0 Å². The molecule has 4 heterocycles. The van der Waals surface area contributed by atoms with E-state index in [1.165, 1.54) is 67.7 Å². The van der Waals surface area contributed by atoms with Gasteiger partial charge in [-0.1, -0.05) is 24.3 Å². The number of imidazole rings is 1. The Hall–Kier alpha value is -1.82. The zero-order valence-corrected chi connectivity index (χ0v) is 21.5. The van der Waals surface area contributed by atoms with Crippen molar-refractivity contribution in [3.8, 4) is 0 Å². The monoisotopic (exact) mass is 474 g/mol. The normalized spacial score (nSPS) is 26.8. The molecular weight excluding hydrogens is 436 g/mol. The summed E-state index contributed by atoms with van der Waals surface area (Å²) in [4.78, 5) is 9.19. The van der Waals surface area contributed by atoms with Crippen LogP contribution in [0.25, 0.3) is 11.0 Å². The van der Waals surface area contributed by atoms with Gasteiger partial charge in [-0.2, -0.15) is 0 Å². The maximum Gasteiger partial charge on any atom is 0.106 e. The van der Waals surface area contributed by atoms with E-state index < -0.39 is 0 Å². The lowest BCUT2D eigenvalue weighted by atomic mass is 9.70. The number of rotatable bonds is 6. The Morgan fingerprint density at radius 2 is 1.76 bits per heavy atom. The second kappa shape index (κ2) is 9.33. The molecule has 5 heteroatoms. The number of hydrogen-bond acceptors (Lipinski definition) is 4. The Labute approximate surface area is 208 Å². The summed E-state index contributed by atoms with van der Waals surface area (Å²) in [7, 11) is 0. The van der Waals surface area contributed by atoms with E-state index in [2.05, 4.69) is 76.5 Å². The Morgan fingerprint density at radius 3 is 2.53 bits per heavy atom. The van der Waals surface area contributed by atoms with Crippen molar-refractivity contribution in [2.75, 3.05) is 25.9 Å². The molecule has 3 fully saturated rings. The van der Waals surface area contributed by atoms with Gasteiger partial charge in [0.05, 0.1) is 11.0 Å². The minimum Gasteiger partial charge on any atom is -0.325 e. The molecule has 6 rings (SSSR count). The van der Waals surface area contributed by atoms with Crippen LogP contribution in [0.3, 0.4) is 0 Å². The van der Waals surface area contributed by atoms with E-state index in [-0.39, 0.29) is 0 Å². The molecule has 1 N–H and O–H groups in total. The van der Waals surface area contributed by atoms with Crippen LogP contribution in [0.15, 0.2) is 53.4 Å². The summed E-state index contributed by atoms with van der Waals surface area (Å²) in [5.74, 6) is 1.18. The van der Waals surface area contributed by atoms with Gasteiger partial charge in [0.15, 0.2) is 0 Å². The first-order valence-electron chi connectivity index (χ1n) is 13.2. The van der Waals surface area contributed by atoms with Crippen LogP contribution >= 0.6 is 11.8 Å². The van der Waals surface area contributed by atoms with Gasteiger partial charge in [-0.05, 0) is 113 Å². The average molecular weight is 475 g/mol. The highest BCUT2D eigenvalue weighted by atomic mass is 32.2. The van der Waals surface area contributed by atoms with Crippen molar-refractivity contribution < 1.29 is 0 Å². The van der Waals surface area contributed by atoms with Crippen LogP contribution in [0.4, 0.5) is 0 Å². The number of para-hydroxylation sites is 2. The average Bonchev–Trinajstić information content (AvgIpc) is 3.34. The first-order chi connectivity index (χ1) is 16.7. The Morgan fingerprint density at radius 1 is 1.00 bits per heavy atom. The molecule has 4 nitrogen and oxygen atoms in total. The highest BCUT2D eigenvalue weighted by molar-refractivity contribution is 7.98. The molecule has 34 heavy (non-hydrogen) atoms. The molecular formula is C29H38N4S. The van der Waals surface area contributed by atoms with Crippen molar-refractivity contribution >= 4 is 22.8 Å². The number of piperidine rings is 2. The smallest absolute Gasteiger partial charge is 0.106 e. The summed E-state index contributed by atoms with van der Waals surface area (Å²) >= 11 is 1.87. The van der Waals surface area contributed by atoms with Gasteiger partial charge in [-0.3, -0.25) is 4.90 Å². The zero-order valence-electron chi connectivity index (χ0n) is 20.7. The number of aryl methyl sites for hydroxylation is 1. The first-order valence-corrected chi connectivity index (χ1v) is 14.4. The van der Waals surface area contributed by atoms with Crippen LogP contribution in [-0.4, -0.2) is 52.4 Å². The van der Waals surface area contributed by atoms with E-state index in [1.807, 2.05) is 11.8 Å². The van der Waals surface area contributed by atoms with Crippen LogP contribution in [0.1, 0.15) is 62.4 Å². The number of aromatic nitrogens is 2. The summed E-state index contributed by atoms with van der Waals surface area (Å²) in [6.45, 7) is 5.73. The van der Waals surface area contributed by atoms with E-state index in [0.29, 0.717) is 11.5 Å². The number of nitrogens with zero attached hydrogens (tertiary/aromatic N) is 3. The Bertz CT molecular complexity index is 1130. The lowest BCUT2D eigenvalue weighted by molar-refractivity contribution is 0.0929. The van der Waals surface area contributed by atoms with Crippen LogP contribution in [0.2, 0.25) is 0 Å². The molecule has 0 radical (unpaired) electrons. The van der Waals surface area contributed by atoms with Gasteiger partial charge in [0, 0.05) is 23.0 Å². The summed E-state index contributed by atoms with van der Waals surface area (Å²) in [6, 6.07) is 20.1. The molecule has 2 bridgehead atoms. The topological polar surface area (TPSA) is 33.1 Å². The van der Waals surface area contributed by atoms with Crippen LogP contribution in [0.5, 0.6) is 0 Å². The van der Waals surface area contributed by atoms with Gasteiger partial charge < -0.3 is 9.88 Å². The van der Waals surface area contributed by atoms with Gasteiger partial charge >= 0.3 is 0 Å². The molecule has 0 aliphatic carbocycles. The molecule has 3 atom stereocenters. The number of benzene rings is 2. The second-order valence-corrected chi connectivity index (χ2v) is 11.7. The molecule has 3 aliphatic rings. The third kappa shape index (κ3) is 4.00. The molecule has 0 unspecified atom stereocenters. The van der Waals surface area contributed by atoms with Crippen molar-refractivity contribution in [1.29, 1.82) is 0 Å². The Kier molecular flexibility index (Phi) is 6.21. The van der Waals surface area contributed by atoms with E-state index in [0.717, 1.165) is 30.7 Å². The molecule has 1 aromatic heterocycles. The lowest BCUT2D eigenvalue weighted by Crippen LogP contribution is -2.47. The summed E-state index contributed by atoms with van der Waals surface area (Å²) in [5, 5.41) is 3.62. The maximum atomic E-state index is 4.87. The van der Waals surface area contributed by atoms with Gasteiger partial charge in [-0.15, -0.1) is 11.8 Å². The highest BCUT2D eigenvalue weighted by Crippen LogP contribution is 2.44. The fraction of sp³-hybridized carbons (Fsp3) is 0.552. The fourth-order valence-corrected chi connectivity index (χ4v) is 7.79. The molecule has 0 saturated carbocycles. The van der Waals surface area contributed by atoms with E-state index in [4.69, 9.17) is 4.98 Å². The Balaban J connectivity index is 1.20. The van der Waals surface area contributed by atoms with Crippen molar-refractivity contribution in [3.05, 3.63) is 59.9 Å². The minimum atomic E-state index is 0.324. The third-order valence-electron chi connectivity index (χ3n) is 9.09. The molecule has 3 aromatic rings. The van der Waals surface area contributed by atoms with Crippen LogP contribution in [0, 0.1) is 6.92 Å². The molecule has 0 amide bonds. The van der Waals surface area contributed by atoms with Crippen molar-refractivity contribution in [1.82, 2.24) is 19.8 Å². The van der Waals surface area contributed by atoms with Crippen molar-refractivity contribution in [3.63, 3.8) is 0 Å². The summed E-state index contributed by atoms with van der Waals surface area (Å²) < 4.78 is 2.56. The second-order valence-electron chi connectivity index (χ2n) is 10.8. The molecule has 3 saturated heterocycles. The van der Waals surface area contributed by atoms with Crippen molar-refractivity contribution in [2.45, 2.75) is 80.3 Å². The standard InChI is InChI=1S/C29H38N4S/c1-21-31-27-8-3-4-9-28(27)33(21)25-19-23-10-11-24(20-25)32(23)17-14-29(12-15-30-16-13-29)22-6-5-7-26(18-22)34-2/h3-9,18,23-25,30H,10-17,19-20H2,1-2H3/t23-,24+,25+. The first kappa shape index (κ1) is 22.6. The summed E-state index contributed by atoms with van der Waals surface area (Å²) in [5.41, 5.74) is 4.36. The maximum absolute atomic E-state index is 4.87. The van der Waals surface area contributed by atoms with Gasteiger partial charge in [0.25, 0.3) is 0 Å². The number of nitrogens with one attached hydrogen (secondary N) is 1. The van der Waals surface area contributed by atoms with Gasteiger partial charge in [-0.25, -0.2) is 4.98 Å². The van der Waals surface area contributed by atoms with Crippen LogP contribution in [-0.2, 0) is 5.41 Å². The molecule has 2 aromatic carbocycles. The van der Waals surface area contributed by atoms with Gasteiger partial charge in [0.2, 0.25) is 0 Å². The quantitative estimate of drug-likeness (QED) is 0.448. The fourth-order valence-electron chi connectivity index (χ4n) is 7.33. The zero-order chi connectivity index (χ0) is 23.1.